The number of alkyl halides is 1. The average Bonchev–Trinajstić information content (AvgIpc) is 2.92. The van der Waals surface area contributed by atoms with Gasteiger partial charge in [0.15, 0.2) is 0 Å². The maximum absolute atomic E-state index is 6.31. The first-order valence-electron chi connectivity index (χ1n) is 7.08. The molecule has 0 radical (unpaired) electrons. The van der Waals surface area contributed by atoms with E-state index in [2.05, 4.69) is 46.3 Å². The Balaban J connectivity index is 1.77. The quantitative estimate of drug-likeness (QED) is 0.593. The Kier molecular flexibility index (Phi) is 2.89. The standard InChI is InChI=1S/C17H16BrCl/c18-17(16-12-6-3-7-13(12)16)14-8-9-15(19)11-5-2-1-4-10(11)14/h1-2,4-5,8-9,12-13,16-17H,3,6-7H2. The van der Waals surface area contributed by atoms with E-state index < -0.39 is 0 Å². The first-order chi connectivity index (χ1) is 9.27. The molecule has 0 nitrogen and oxygen atoms in total. The van der Waals surface area contributed by atoms with Crippen molar-refractivity contribution in [2.45, 2.75) is 24.1 Å². The summed E-state index contributed by atoms with van der Waals surface area (Å²) >= 11 is 10.3. The minimum absolute atomic E-state index is 0.491. The van der Waals surface area contributed by atoms with Crippen LogP contribution in [0.15, 0.2) is 36.4 Å². The minimum atomic E-state index is 0.491. The third-order valence-electron chi connectivity index (χ3n) is 5.01. The summed E-state index contributed by atoms with van der Waals surface area (Å²) in [5.41, 5.74) is 1.42. The monoisotopic (exact) mass is 334 g/mol. The lowest BCUT2D eigenvalue weighted by molar-refractivity contribution is 0.584. The third-order valence-corrected chi connectivity index (χ3v) is 6.45. The maximum Gasteiger partial charge on any atom is 0.0484 e. The lowest BCUT2D eigenvalue weighted by Crippen LogP contribution is -1.99. The molecule has 0 aliphatic heterocycles. The number of rotatable bonds is 2. The molecule has 2 heteroatoms. The van der Waals surface area contributed by atoms with Crippen LogP contribution in [0.2, 0.25) is 5.02 Å². The molecular weight excluding hydrogens is 320 g/mol. The van der Waals surface area contributed by atoms with Gasteiger partial charge >= 0.3 is 0 Å². The van der Waals surface area contributed by atoms with Crippen molar-refractivity contribution in [3.63, 3.8) is 0 Å². The summed E-state index contributed by atoms with van der Waals surface area (Å²) in [6.07, 6.45) is 4.30. The fourth-order valence-corrected chi connectivity index (χ4v) is 5.46. The second-order valence-corrected chi connectivity index (χ2v) is 7.31. The molecule has 0 spiro atoms. The summed E-state index contributed by atoms with van der Waals surface area (Å²) in [5.74, 6) is 2.79. The Morgan fingerprint density at radius 2 is 1.68 bits per heavy atom. The SMILES string of the molecule is Clc1ccc(C(Br)C2C3CCCC32)c2ccccc12. The molecule has 3 unspecified atom stereocenters. The van der Waals surface area contributed by atoms with E-state index in [1.165, 1.54) is 35.6 Å². The molecule has 0 saturated heterocycles. The Morgan fingerprint density at radius 1 is 1.00 bits per heavy atom. The zero-order valence-electron chi connectivity index (χ0n) is 10.7. The van der Waals surface area contributed by atoms with Crippen molar-refractivity contribution in [1.82, 2.24) is 0 Å². The van der Waals surface area contributed by atoms with Gasteiger partial charge in [0, 0.05) is 15.2 Å². The Bertz CT molecular complexity index is 626. The Hall–Kier alpha value is -0.530. The van der Waals surface area contributed by atoms with Gasteiger partial charge < -0.3 is 0 Å². The molecule has 98 valence electrons. The van der Waals surface area contributed by atoms with Gasteiger partial charge in [-0.2, -0.15) is 0 Å². The lowest BCUT2D eigenvalue weighted by atomic mass is 9.97. The van der Waals surface area contributed by atoms with Gasteiger partial charge in [0.05, 0.1) is 0 Å². The van der Waals surface area contributed by atoms with Gasteiger partial charge in [-0.05, 0) is 47.6 Å². The summed E-state index contributed by atoms with van der Waals surface area (Å²) < 4.78 is 0. The normalized spacial score (nSPS) is 30.3. The average molecular weight is 336 g/mol. The molecule has 2 aromatic carbocycles. The largest absolute Gasteiger partial charge is 0.0837 e. The highest BCUT2D eigenvalue weighted by Crippen LogP contribution is 2.64. The van der Waals surface area contributed by atoms with E-state index >= 15 is 0 Å². The van der Waals surface area contributed by atoms with Crippen LogP contribution in [0.5, 0.6) is 0 Å². The van der Waals surface area contributed by atoms with Gasteiger partial charge in [0.2, 0.25) is 0 Å². The van der Waals surface area contributed by atoms with E-state index in [0.717, 1.165) is 22.8 Å². The van der Waals surface area contributed by atoms with Crippen LogP contribution in [0, 0.1) is 17.8 Å². The summed E-state index contributed by atoms with van der Waals surface area (Å²) in [4.78, 5) is 0.491. The first kappa shape index (κ1) is 12.2. The van der Waals surface area contributed by atoms with Crippen LogP contribution in [0.4, 0.5) is 0 Å². The smallest absolute Gasteiger partial charge is 0.0484 e. The predicted molar refractivity (Wildman–Crippen MR) is 84.9 cm³/mol. The van der Waals surface area contributed by atoms with E-state index in [1.807, 2.05) is 6.07 Å². The van der Waals surface area contributed by atoms with Crippen LogP contribution in [0.1, 0.15) is 29.7 Å². The molecule has 19 heavy (non-hydrogen) atoms. The zero-order valence-corrected chi connectivity index (χ0v) is 13.0. The van der Waals surface area contributed by atoms with Crippen LogP contribution in [-0.2, 0) is 0 Å². The van der Waals surface area contributed by atoms with Crippen LogP contribution in [-0.4, -0.2) is 0 Å². The van der Waals surface area contributed by atoms with Gasteiger partial charge in [-0.15, -0.1) is 0 Å². The molecule has 0 heterocycles. The number of hydrogen-bond donors (Lipinski definition) is 0. The number of benzene rings is 2. The molecule has 0 N–H and O–H groups in total. The molecule has 3 atom stereocenters. The van der Waals surface area contributed by atoms with Crippen molar-refractivity contribution in [2.24, 2.45) is 17.8 Å². The minimum Gasteiger partial charge on any atom is -0.0837 e. The Labute approximate surface area is 127 Å². The van der Waals surface area contributed by atoms with Crippen molar-refractivity contribution in [1.29, 1.82) is 0 Å². The molecular formula is C17H16BrCl. The van der Waals surface area contributed by atoms with Crippen LogP contribution in [0.25, 0.3) is 10.8 Å². The molecule has 2 aromatic rings. The van der Waals surface area contributed by atoms with Crippen LogP contribution < -0.4 is 0 Å². The van der Waals surface area contributed by atoms with Gasteiger partial charge in [0.1, 0.15) is 0 Å². The van der Waals surface area contributed by atoms with Crippen molar-refractivity contribution in [2.75, 3.05) is 0 Å². The summed E-state index contributed by atoms with van der Waals surface area (Å²) in [5, 5.41) is 3.34. The van der Waals surface area contributed by atoms with Crippen molar-refractivity contribution >= 4 is 38.3 Å². The second-order valence-electron chi connectivity index (χ2n) is 5.92. The maximum atomic E-state index is 6.31. The molecule has 0 bridgehead atoms. The summed E-state index contributed by atoms with van der Waals surface area (Å²) in [6, 6.07) is 12.7. The molecule has 2 fully saturated rings. The molecule has 0 aromatic heterocycles. The van der Waals surface area contributed by atoms with Gasteiger partial charge in [-0.25, -0.2) is 0 Å². The highest BCUT2D eigenvalue weighted by atomic mass is 79.9. The number of halogens is 2. The van der Waals surface area contributed by atoms with Crippen LogP contribution >= 0.6 is 27.5 Å². The van der Waals surface area contributed by atoms with E-state index in [1.54, 1.807) is 0 Å². The highest BCUT2D eigenvalue weighted by Gasteiger charge is 2.55. The van der Waals surface area contributed by atoms with E-state index in [4.69, 9.17) is 11.6 Å². The third kappa shape index (κ3) is 1.86. The zero-order chi connectivity index (χ0) is 13.0. The van der Waals surface area contributed by atoms with E-state index in [9.17, 15) is 0 Å². The molecule has 2 saturated carbocycles. The fraction of sp³-hybridized carbons (Fsp3) is 0.412. The topological polar surface area (TPSA) is 0 Å². The van der Waals surface area contributed by atoms with Crippen molar-refractivity contribution in [3.8, 4) is 0 Å². The van der Waals surface area contributed by atoms with E-state index in [-0.39, 0.29) is 0 Å². The number of fused-ring (bicyclic) bond motifs is 2. The van der Waals surface area contributed by atoms with Gasteiger partial charge in [-0.3, -0.25) is 0 Å². The summed E-state index contributed by atoms with van der Waals surface area (Å²) in [6.45, 7) is 0. The molecule has 0 amide bonds. The fourth-order valence-electron chi connectivity index (χ4n) is 4.04. The van der Waals surface area contributed by atoms with Crippen molar-refractivity contribution in [3.05, 3.63) is 47.0 Å². The lowest BCUT2D eigenvalue weighted by Gasteiger charge is -2.15. The predicted octanol–water partition coefficient (Wildman–Crippen LogP) is 5.98. The second kappa shape index (κ2) is 4.49. The molecule has 4 rings (SSSR count). The Morgan fingerprint density at radius 3 is 2.42 bits per heavy atom. The molecule has 2 aliphatic carbocycles. The summed E-state index contributed by atoms with van der Waals surface area (Å²) in [7, 11) is 0. The van der Waals surface area contributed by atoms with Gasteiger partial charge in [0.25, 0.3) is 0 Å². The highest BCUT2D eigenvalue weighted by molar-refractivity contribution is 9.09. The number of hydrogen-bond acceptors (Lipinski definition) is 0. The first-order valence-corrected chi connectivity index (χ1v) is 8.38. The van der Waals surface area contributed by atoms with Crippen molar-refractivity contribution < 1.29 is 0 Å². The molecule has 2 aliphatic rings. The van der Waals surface area contributed by atoms with Crippen LogP contribution in [0.3, 0.4) is 0 Å². The van der Waals surface area contributed by atoms with E-state index in [0.29, 0.717) is 4.83 Å². The van der Waals surface area contributed by atoms with Gasteiger partial charge in [-0.1, -0.05) is 64.3 Å².